The fourth-order valence-corrected chi connectivity index (χ4v) is 2.19. The zero-order valence-electron chi connectivity index (χ0n) is 10.3. The van der Waals surface area contributed by atoms with Crippen molar-refractivity contribution < 1.29 is 18.0 Å². The van der Waals surface area contributed by atoms with Gasteiger partial charge in [0, 0.05) is 18.7 Å². The van der Waals surface area contributed by atoms with Crippen LogP contribution >= 0.6 is 0 Å². The Balaban J connectivity index is 2.08. The fourth-order valence-electron chi connectivity index (χ4n) is 2.19. The molecule has 1 atom stereocenters. The number of nitrogens with zero attached hydrogens (tertiary/aromatic N) is 1. The number of rotatable bonds is 2. The number of carbonyl (C=O) groups is 1. The van der Waals surface area contributed by atoms with Gasteiger partial charge in [0.05, 0.1) is 5.56 Å². The molecule has 1 unspecified atom stereocenters. The normalized spacial score (nSPS) is 19.8. The Kier molecular flexibility index (Phi) is 3.80. The summed E-state index contributed by atoms with van der Waals surface area (Å²) in [6.07, 6.45) is -3.53. The molecule has 104 valence electrons. The first-order valence-corrected chi connectivity index (χ1v) is 6.08. The fraction of sp³-hybridized carbons (Fsp3) is 0.462. The van der Waals surface area contributed by atoms with Crippen LogP contribution in [-0.4, -0.2) is 30.4 Å². The summed E-state index contributed by atoms with van der Waals surface area (Å²) in [5, 5.41) is 0. The summed E-state index contributed by atoms with van der Waals surface area (Å²) in [7, 11) is 0. The van der Waals surface area contributed by atoms with E-state index in [1.807, 2.05) is 0 Å². The first kappa shape index (κ1) is 13.9. The van der Waals surface area contributed by atoms with Crippen LogP contribution in [-0.2, 0) is 6.18 Å². The Morgan fingerprint density at radius 1 is 1.32 bits per heavy atom. The van der Waals surface area contributed by atoms with Crippen molar-refractivity contribution in [3.63, 3.8) is 0 Å². The molecule has 0 aliphatic carbocycles. The lowest BCUT2D eigenvalue weighted by atomic mass is 10.1. The molecule has 2 rings (SSSR count). The number of nitrogens with two attached hydrogens (primary N) is 1. The second-order valence-electron chi connectivity index (χ2n) is 4.72. The molecule has 0 aromatic heterocycles. The van der Waals surface area contributed by atoms with Crippen molar-refractivity contribution in [2.24, 2.45) is 11.7 Å². The van der Waals surface area contributed by atoms with Crippen molar-refractivity contribution >= 4 is 5.91 Å². The zero-order chi connectivity index (χ0) is 14.0. The third-order valence-electron chi connectivity index (χ3n) is 3.37. The lowest BCUT2D eigenvalue weighted by Gasteiger charge is -2.16. The van der Waals surface area contributed by atoms with E-state index in [0.29, 0.717) is 25.6 Å². The molecule has 2 N–H and O–H groups in total. The smallest absolute Gasteiger partial charge is 0.338 e. The van der Waals surface area contributed by atoms with E-state index in [2.05, 4.69) is 0 Å². The quantitative estimate of drug-likeness (QED) is 0.896. The van der Waals surface area contributed by atoms with Crippen LogP contribution in [0, 0.1) is 5.92 Å². The predicted molar refractivity (Wildman–Crippen MR) is 64.5 cm³/mol. The van der Waals surface area contributed by atoms with Gasteiger partial charge in [-0.25, -0.2) is 0 Å². The van der Waals surface area contributed by atoms with Crippen molar-refractivity contribution in [3.05, 3.63) is 35.4 Å². The highest BCUT2D eigenvalue weighted by Gasteiger charge is 2.31. The van der Waals surface area contributed by atoms with Gasteiger partial charge in [0.1, 0.15) is 0 Å². The van der Waals surface area contributed by atoms with E-state index in [9.17, 15) is 18.0 Å². The number of benzene rings is 1. The van der Waals surface area contributed by atoms with E-state index in [-0.39, 0.29) is 11.5 Å². The highest BCUT2D eigenvalue weighted by molar-refractivity contribution is 5.94. The molecular weight excluding hydrogens is 257 g/mol. The third kappa shape index (κ3) is 3.07. The van der Waals surface area contributed by atoms with Gasteiger partial charge >= 0.3 is 6.18 Å². The van der Waals surface area contributed by atoms with Crippen molar-refractivity contribution in [2.45, 2.75) is 12.6 Å². The van der Waals surface area contributed by atoms with Gasteiger partial charge in [-0.1, -0.05) is 0 Å². The van der Waals surface area contributed by atoms with Gasteiger partial charge < -0.3 is 10.6 Å². The molecule has 1 amide bonds. The molecule has 0 radical (unpaired) electrons. The van der Waals surface area contributed by atoms with Gasteiger partial charge in [0.25, 0.3) is 5.91 Å². The molecule has 3 nitrogen and oxygen atoms in total. The summed E-state index contributed by atoms with van der Waals surface area (Å²) < 4.78 is 37.2. The minimum Gasteiger partial charge on any atom is -0.338 e. The van der Waals surface area contributed by atoms with Crippen LogP contribution in [0.25, 0.3) is 0 Å². The predicted octanol–water partition coefficient (Wildman–Crippen LogP) is 2.13. The Morgan fingerprint density at radius 3 is 2.42 bits per heavy atom. The zero-order valence-corrected chi connectivity index (χ0v) is 10.3. The molecule has 0 bridgehead atoms. The molecule has 0 spiro atoms. The van der Waals surface area contributed by atoms with Crippen LogP contribution in [0.15, 0.2) is 24.3 Å². The largest absolute Gasteiger partial charge is 0.416 e. The van der Waals surface area contributed by atoms with E-state index >= 15 is 0 Å². The van der Waals surface area contributed by atoms with Crippen LogP contribution in [0.5, 0.6) is 0 Å². The molecule has 0 saturated carbocycles. The molecular formula is C13H15F3N2O. The number of likely N-dealkylation sites (tertiary alicyclic amines) is 1. The molecule has 6 heteroatoms. The number of hydrogen-bond donors (Lipinski definition) is 1. The summed E-state index contributed by atoms with van der Waals surface area (Å²) in [6, 6.07) is 4.31. The van der Waals surface area contributed by atoms with Crippen LogP contribution in [0.3, 0.4) is 0 Å². The number of carbonyl (C=O) groups excluding carboxylic acids is 1. The molecule has 19 heavy (non-hydrogen) atoms. The molecule has 1 saturated heterocycles. The Bertz CT molecular complexity index is 456. The summed E-state index contributed by atoms with van der Waals surface area (Å²) in [5.41, 5.74) is 5.08. The number of amides is 1. The average molecular weight is 272 g/mol. The van der Waals surface area contributed by atoms with E-state index in [4.69, 9.17) is 5.73 Å². The van der Waals surface area contributed by atoms with Crippen LogP contribution in [0.2, 0.25) is 0 Å². The van der Waals surface area contributed by atoms with E-state index < -0.39 is 11.7 Å². The highest BCUT2D eigenvalue weighted by Crippen LogP contribution is 2.29. The molecule has 1 fully saturated rings. The van der Waals surface area contributed by atoms with Gasteiger partial charge in [-0.2, -0.15) is 13.2 Å². The second kappa shape index (κ2) is 5.21. The van der Waals surface area contributed by atoms with Gasteiger partial charge in [-0.05, 0) is 43.1 Å². The lowest BCUT2D eigenvalue weighted by molar-refractivity contribution is -0.137. The maximum absolute atomic E-state index is 12.4. The van der Waals surface area contributed by atoms with E-state index in [1.54, 1.807) is 4.90 Å². The second-order valence-corrected chi connectivity index (χ2v) is 4.72. The number of alkyl halides is 3. The van der Waals surface area contributed by atoms with Gasteiger partial charge in [-0.3, -0.25) is 4.79 Å². The monoisotopic (exact) mass is 272 g/mol. The van der Waals surface area contributed by atoms with E-state index in [0.717, 1.165) is 18.6 Å². The highest BCUT2D eigenvalue weighted by atomic mass is 19.4. The maximum Gasteiger partial charge on any atom is 0.416 e. The van der Waals surface area contributed by atoms with Crippen LogP contribution in [0.4, 0.5) is 13.2 Å². The topological polar surface area (TPSA) is 46.3 Å². The minimum absolute atomic E-state index is 0.232. The maximum atomic E-state index is 12.4. The molecule has 1 aliphatic rings. The summed E-state index contributed by atoms with van der Waals surface area (Å²) in [6.45, 7) is 1.72. The number of hydrogen-bond acceptors (Lipinski definition) is 2. The first-order chi connectivity index (χ1) is 8.91. The van der Waals surface area contributed by atoms with Crippen LogP contribution < -0.4 is 5.73 Å². The number of halogens is 3. The first-order valence-electron chi connectivity index (χ1n) is 6.08. The van der Waals surface area contributed by atoms with Gasteiger partial charge in [-0.15, -0.1) is 0 Å². The van der Waals surface area contributed by atoms with E-state index in [1.165, 1.54) is 12.1 Å². The van der Waals surface area contributed by atoms with Crippen molar-refractivity contribution in [1.29, 1.82) is 0 Å². The SMILES string of the molecule is NCC1CCN(C(=O)c2ccc(C(F)(F)F)cc2)C1. The summed E-state index contributed by atoms with van der Waals surface area (Å²) in [5.74, 6) is 0.0584. The summed E-state index contributed by atoms with van der Waals surface area (Å²) in [4.78, 5) is 13.7. The Hall–Kier alpha value is -1.56. The van der Waals surface area contributed by atoms with Crippen molar-refractivity contribution in [1.82, 2.24) is 4.90 Å². The Morgan fingerprint density at radius 2 is 1.95 bits per heavy atom. The molecule has 1 aromatic carbocycles. The molecule has 1 aromatic rings. The van der Waals surface area contributed by atoms with Crippen LogP contribution in [0.1, 0.15) is 22.3 Å². The molecule has 1 aliphatic heterocycles. The third-order valence-corrected chi connectivity index (χ3v) is 3.37. The van der Waals surface area contributed by atoms with Crippen molar-refractivity contribution in [2.75, 3.05) is 19.6 Å². The molecule has 1 heterocycles. The van der Waals surface area contributed by atoms with Crippen molar-refractivity contribution in [3.8, 4) is 0 Å². The lowest BCUT2D eigenvalue weighted by Crippen LogP contribution is -2.29. The average Bonchev–Trinajstić information content (AvgIpc) is 2.86. The standard InChI is InChI=1S/C13H15F3N2O/c14-13(15,16)11-3-1-10(2-4-11)12(19)18-6-5-9(7-17)8-18/h1-4,9H,5-8,17H2. The Labute approximate surface area is 109 Å². The summed E-state index contributed by atoms with van der Waals surface area (Å²) >= 11 is 0. The minimum atomic E-state index is -4.38. The van der Waals surface area contributed by atoms with Gasteiger partial charge in [0.15, 0.2) is 0 Å². The van der Waals surface area contributed by atoms with Gasteiger partial charge in [0.2, 0.25) is 0 Å².